The van der Waals surface area contributed by atoms with Gasteiger partial charge >= 0.3 is 0 Å². The standard InChI is InChI=1S/C21H25N5O.C2H6/c22-20-9-8-17(21(27)24-15-18-7-3-5-11-23-18)14-19(20)16-6-2-1-4-12-25-26-13-10-16;1-2/h3,5,7-12,14,26H,1-2,4,6,13,15,22H2,(H,24,27);1-2H3/b16-10+,25-12-;. The first kappa shape index (κ1) is 22.1. The number of aromatic nitrogens is 1. The summed E-state index contributed by atoms with van der Waals surface area (Å²) < 4.78 is 0. The zero-order valence-electron chi connectivity index (χ0n) is 17.3. The van der Waals surface area contributed by atoms with Gasteiger partial charge in [-0.1, -0.05) is 26.0 Å². The molecule has 0 radical (unpaired) electrons. The maximum atomic E-state index is 12.6. The number of rotatable bonds is 4. The molecule has 0 unspecified atom stereocenters. The van der Waals surface area contributed by atoms with Crippen molar-refractivity contribution < 1.29 is 4.79 Å². The molecule has 0 spiro atoms. The number of carbonyl (C=O) groups is 1. The fourth-order valence-corrected chi connectivity index (χ4v) is 3.00. The van der Waals surface area contributed by atoms with Gasteiger partial charge in [-0.05, 0) is 61.6 Å². The van der Waals surface area contributed by atoms with Crippen LogP contribution in [0.4, 0.5) is 5.69 Å². The summed E-state index contributed by atoms with van der Waals surface area (Å²) in [6, 6.07) is 11.1. The minimum atomic E-state index is -0.134. The number of pyridine rings is 1. The van der Waals surface area contributed by atoms with Crippen molar-refractivity contribution in [2.45, 2.75) is 46.1 Å². The summed E-state index contributed by atoms with van der Waals surface area (Å²) in [6.07, 6.45) is 9.76. The smallest absolute Gasteiger partial charge is 0.251 e. The molecule has 2 aromatic rings. The van der Waals surface area contributed by atoms with Crippen LogP contribution in [0.15, 0.2) is 53.8 Å². The van der Waals surface area contributed by atoms with E-state index in [9.17, 15) is 4.79 Å². The zero-order chi connectivity index (χ0) is 20.9. The molecule has 2 heterocycles. The molecular weight excluding hydrogens is 362 g/mol. The van der Waals surface area contributed by atoms with Crippen molar-refractivity contribution in [2.75, 3.05) is 12.3 Å². The van der Waals surface area contributed by atoms with Gasteiger partial charge in [0.2, 0.25) is 0 Å². The molecule has 29 heavy (non-hydrogen) atoms. The van der Waals surface area contributed by atoms with Gasteiger partial charge in [0.1, 0.15) is 0 Å². The summed E-state index contributed by atoms with van der Waals surface area (Å²) in [7, 11) is 0. The number of carbonyl (C=O) groups excluding carboxylic acids is 1. The second-order valence-corrected chi connectivity index (χ2v) is 6.45. The molecule has 6 nitrogen and oxygen atoms in total. The zero-order valence-corrected chi connectivity index (χ0v) is 17.3. The van der Waals surface area contributed by atoms with Crippen molar-refractivity contribution in [3.63, 3.8) is 0 Å². The summed E-state index contributed by atoms with van der Waals surface area (Å²) in [6.45, 7) is 5.03. The summed E-state index contributed by atoms with van der Waals surface area (Å²) in [5.74, 6) is -0.134. The summed E-state index contributed by atoms with van der Waals surface area (Å²) in [4.78, 5) is 16.8. The van der Waals surface area contributed by atoms with E-state index >= 15 is 0 Å². The van der Waals surface area contributed by atoms with E-state index in [0.717, 1.165) is 42.5 Å². The molecular formula is C23H31N5O. The van der Waals surface area contributed by atoms with Crippen LogP contribution in [0.5, 0.6) is 0 Å². The highest BCUT2D eigenvalue weighted by Crippen LogP contribution is 2.27. The van der Waals surface area contributed by atoms with E-state index in [-0.39, 0.29) is 5.91 Å². The molecule has 1 aliphatic rings. The monoisotopic (exact) mass is 393 g/mol. The van der Waals surface area contributed by atoms with E-state index in [1.807, 2.05) is 44.3 Å². The van der Waals surface area contributed by atoms with Gasteiger partial charge in [0.05, 0.1) is 18.8 Å². The second-order valence-electron chi connectivity index (χ2n) is 6.45. The van der Waals surface area contributed by atoms with Crippen LogP contribution < -0.4 is 16.5 Å². The lowest BCUT2D eigenvalue weighted by Gasteiger charge is -2.14. The molecule has 0 bridgehead atoms. The average molecular weight is 394 g/mol. The lowest BCUT2D eigenvalue weighted by Crippen LogP contribution is -2.23. The Morgan fingerprint density at radius 1 is 1.21 bits per heavy atom. The number of nitrogens with zero attached hydrogens (tertiary/aromatic N) is 2. The Hall–Kier alpha value is -3.15. The molecule has 1 amide bonds. The molecule has 0 atom stereocenters. The number of nitrogens with one attached hydrogen (secondary N) is 2. The summed E-state index contributed by atoms with van der Waals surface area (Å²) in [5, 5.41) is 7.07. The maximum Gasteiger partial charge on any atom is 0.251 e. The van der Waals surface area contributed by atoms with Crippen LogP contribution >= 0.6 is 0 Å². The molecule has 4 N–H and O–H groups in total. The first-order valence-corrected chi connectivity index (χ1v) is 10.3. The van der Waals surface area contributed by atoms with Crippen LogP contribution in [0.1, 0.15) is 61.1 Å². The van der Waals surface area contributed by atoms with Gasteiger partial charge in [-0.3, -0.25) is 9.78 Å². The fourth-order valence-electron chi connectivity index (χ4n) is 3.00. The van der Waals surface area contributed by atoms with Gasteiger partial charge in [0.15, 0.2) is 0 Å². The second kappa shape index (κ2) is 12.3. The fraction of sp³-hybridized carbons (Fsp3) is 0.348. The Bertz CT molecular complexity index is 830. The van der Waals surface area contributed by atoms with Gasteiger partial charge in [-0.25, -0.2) is 0 Å². The molecule has 1 aliphatic heterocycles. The third-order valence-corrected chi connectivity index (χ3v) is 4.47. The molecule has 1 aromatic heterocycles. The van der Waals surface area contributed by atoms with E-state index < -0.39 is 0 Å². The predicted molar refractivity (Wildman–Crippen MR) is 121 cm³/mol. The SMILES string of the molecule is CC.Nc1ccc(C(=O)NCc2ccccn2)cc1/C1=C/CN/N=C\CCCC1. The van der Waals surface area contributed by atoms with Gasteiger partial charge in [-0.15, -0.1) is 0 Å². The molecule has 6 heteroatoms. The first-order chi connectivity index (χ1) is 14.2. The van der Waals surface area contributed by atoms with E-state index in [1.165, 1.54) is 0 Å². The maximum absolute atomic E-state index is 12.6. The van der Waals surface area contributed by atoms with Crippen LogP contribution in [0.25, 0.3) is 5.57 Å². The van der Waals surface area contributed by atoms with Crippen LogP contribution in [-0.2, 0) is 6.54 Å². The van der Waals surface area contributed by atoms with Gasteiger partial charge in [0, 0.05) is 29.2 Å². The highest BCUT2D eigenvalue weighted by atomic mass is 16.1. The number of nitrogens with two attached hydrogens (primary N) is 1. The molecule has 0 fully saturated rings. The van der Waals surface area contributed by atoms with Crippen molar-refractivity contribution in [3.8, 4) is 0 Å². The van der Waals surface area contributed by atoms with Crippen molar-refractivity contribution in [2.24, 2.45) is 5.10 Å². The summed E-state index contributed by atoms with van der Waals surface area (Å²) >= 11 is 0. The molecule has 0 saturated heterocycles. The van der Waals surface area contributed by atoms with Gasteiger partial charge < -0.3 is 16.5 Å². The van der Waals surface area contributed by atoms with Crippen molar-refractivity contribution in [1.82, 2.24) is 15.7 Å². The Morgan fingerprint density at radius 3 is 2.86 bits per heavy atom. The minimum absolute atomic E-state index is 0.134. The van der Waals surface area contributed by atoms with Crippen molar-refractivity contribution in [3.05, 3.63) is 65.5 Å². The molecule has 1 aromatic carbocycles. The van der Waals surface area contributed by atoms with Crippen LogP contribution in [0, 0.1) is 0 Å². The van der Waals surface area contributed by atoms with E-state index in [0.29, 0.717) is 24.3 Å². The Balaban J connectivity index is 0.00000145. The molecule has 0 saturated carbocycles. The number of allylic oxidation sites excluding steroid dienone is 1. The highest BCUT2D eigenvalue weighted by Gasteiger charge is 2.12. The third kappa shape index (κ3) is 7.07. The quantitative estimate of drug-likeness (QED) is 0.680. The molecule has 3 rings (SSSR count). The van der Waals surface area contributed by atoms with E-state index in [2.05, 4.69) is 26.9 Å². The topological polar surface area (TPSA) is 92.4 Å². The number of amides is 1. The largest absolute Gasteiger partial charge is 0.398 e. The van der Waals surface area contributed by atoms with E-state index in [1.54, 1.807) is 18.3 Å². The number of hydrazone groups is 1. The third-order valence-electron chi connectivity index (χ3n) is 4.47. The van der Waals surface area contributed by atoms with Crippen LogP contribution in [-0.4, -0.2) is 23.7 Å². The number of hydrogen-bond donors (Lipinski definition) is 3. The lowest BCUT2D eigenvalue weighted by molar-refractivity contribution is 0.0950. The van der Waals surface area contributed by atoms with Crippen LogP contribution in [0.3, 0.4) is 0 Å². The normalized spacial score (nSPS) is 16.8. The Labute approximate surface area is 173 Å². The Kier molecular flexibility index (Phi) is 9.42. The Morgan fingerprint density at radius 2 is 2.07 bits per heavy atom. The molecule has 154 valence electrons. The number of hydrogen-bond acceptors (Lipinski definition) is 5. The number of nitrogen functional groups attached to an aromatic ring is 1. The van der Waals surface area contributed by atoms with Gasteiger partial charge in [-0.2, -0.15) is 5.10 Å². The number of benzene rings is 1. The van der Waals surface area contributed by atoms with E-state index in [4.69, 9.17) is 5.73 Å². The average Bonchev–Trinajstić information content (AvgIpc) is 2.78. The minimum Gasteiger partial charge on any atom is -0.398 e. The predicted octanol–water partition coefficient (Wildman–Crippen LogP) is 4.15. The molecule has 0 aliphatic carbocycles. The van der Waals surface area contributed by atoms with Crippen molar-refractivity contribution in [1.29, 1.82) is 0 Å². The number of anilines is 1. The highest BCUT2D eigenvalue weighted by molar-refractivity contribution is 5.96. The summed E-state index contributed by atoms with van der Waals surface area (Å²) in [5.41, 5.74) is 13.4. The first-order valence-electron chi connectivity index (χ1n) is 10.3. The lowest BCUT2D eigenvalue weighted by atomic mass is 9.95. The van der Waals surface area contributed by atoms with Crippen molar-refractivity contribution >= 4 is 23.4 Å². The van der Waals surface area contributed by atoms with Gasteiger partial charge in [0.25, 0.3) is 5.91 Å². The van der Waals surface area contributed by atoms with Crippen LogP contribution in [0.2, 0.25) is 0 Å².